The summed E-state index contributed by atoms with van der Waals surface area (Å²) >= 11 is 0. The monoisotopic (exact) mass is 506 g/mol. The Hall–Kier alpha value is -3.27. The topological polar surface area (TPSA) is 171 Å². The highest BCUT2D eigenvalue weighted by Gasteiger charge is 2.56. The first-order valence-electron chi connectivity index (χ1n) is 9.82. The Balaban J connectivity index is 1.59. The molecule has 4 aromatic rings. The maximum atomic E-state index is 14.2. The molecule has 4 rings (SSSR count). The Morgan fingerprint density at radius 3 is 2.53 bits per heavy atom. The van der Waals surface area contributed by atoms with Crippen molar-refractivity contribution in [2.24, 2.45) is 0 Å². The van der Waals surface area contributed by atoms with Crippen LogP contribution in [0.5, 0.6) is 5.75 Å². The van der Waals surface area contributed by atoms with E-state index in [2.05, 4.69) is 20.3 Å². The number of hydrogen-bond acceptors (Lipinski definition) is 8. The number of aromatic nitrogens is 4. The molecule has 2 unspecified atom stereocenters. The number of halogens is 1. The summed E-state index contributed by atoms with van der Waals surface area (Å²) in [5, 5.41) is 19.8. The highest BCUT2D eigenvalue weighted by molar-refractivity contribution is 7.62. The second-order valence-corrected chi connectivity index (χ2v) is 10.5. The molecule has 0 aliphatic heterocycles. The predicted molar refractivity (Wildman–Crippen MR) is 122 cm³/mol. The Bertz CT molecular complexity index is 1410. The van der Waals surface area contributed by atoms with Crippen LogP contribution in [-0.2, 0) is 27.2 Å². The second-order valence-electron chi connectivity index (χ2n) is 7.39. The van der Waals surface area contributed by atoms with Gasteiger partial charge in [0.05, 0.1) is 6.33 Å². The van der Waals surface area contributed by atoms with Crippen molar-refractivity contribution in [2.75, 3.05) is 5.32 Å². The largest absolute Gasteiger partial charge is 0.508 e. The van der Waals surface area contributed by atoms with Crippen molar-refractivity contribution in [1.29, 1.82) is 0 Å². The van der Waals surface area contributed by atoms with E-state index >= 15 is 0 Å². The Labute approximate surface area is 193 Å². The summed E-state index contributed by atoms with van der Waals surface area (Å²) in [5.41, 5.74) is 1.52. The first-order valence-corrected chi connectivity index (χ1v) is 12.3. The van der Waals surface area contributed by atoms with Crippen LogP contribution in [0.3, 0.4) is 0 Å². The molecule has 0 radical (unpaired) electrons. The van der Waals surface area contributed by atoms with Gasteiger partial charge in [-0.05, 0) is 48.4 Å². The van der Waals surface area contributed by atoms with Gasteiger partial charge in [0.15, 0.2) is 17.0 Å². The zero-order chi connectivity index (χ0) is 24.5. The molecule has 2 aromatic carbocycles. The van der Waals surface area contributed by atoms with Crippen molar-refractivity contribution in [3.05, 3.63) is 72.1 Å². The molecule has 5 N–H and O–H groups in total. The van der Waals surface area contributed by atoms with Gasteiger partial charge in [-0.15, -0.1) is 0 Å². The minimum absolute atomic E-state index is 0.0577. The van der Waals surface area contributed by atoms with E-state index in [0.717, 1.165) is 5.56 Å². The number of benzene rings is 2. The number of nitrogens with one attached hydrogen (secondary N) is 1. The number of imidazole rings is 1. The van der Waals surface area contributed by atoms with Gasteiger partial charge in [0.2, 0.25) is 0 Å². The number of phenolic OH excluding ortho intramolecular Hbond substituents is 1. The number of nitrogens with zero attached hydrogens (tertiary/aromatic N) is 4. The van der Waals surface area contributed by atoms with Crippen LogP contribution in [0.15, 0.2) is 54.9 Å². The predicted octanol–water partition coefficient (Wildman–Crippen LogP) is 2.96. The molecule has 0 aliphatic rings. The van der Waals surface area contributed by atoms with Gasteiger partial charge in [-0.2, -0.15) is 14.4 Å². The van der Waals surface area contributed by atoms with E-state index in [0.29, 0.717) is 18.7 Å². The SMILES string of the molecule is O=[PH+]C(O)(c1ccc(Nc2nc(F)nc3c2ncn3CCc2cccc(O)c2)cc1)P(=O)(O)O. The normalized spacial score (nSPS) is 13.8. The molecule has 2 heterocycles. The maximum absolute atomic E-state index is 14.2. The minimum atomic E-state index is -5.12. The van der Waals surface area contributed by atoms with Gasteiger partial charge in [0.1, 0.15) is 5.75 Å². The fraction of sp³-hybridized carbons (Fsp3) is 0.150. The number of aryl methyl sites for hydroxylation is 2. The Morgan fingerprint density at radius 1 is 1.15 bits per heavy atom. The lowest BCUT2D eigenvalue weighted by Crippen LogP contribution is -2.18. The third-order valence-electron chi connectivity index (χ3n) is 5.10. The van der Waals surface area contributed by atoms with Crippen molar-refractivity contribution in [3.63, 3.8) is 0 Å². The lowest BCUT2D eigenvalue weighted by molar-refractivity contribution is 0.168. The summed E-state index contributed by atoms with van der Waals surface area (Å²) < 4.78 is 38.7. The van der Waals surface area contributed by atoms with Crippen LogP contribution >= 0.6 is 16.1 Å². The van der Waals surface area contributed by atoms with Crippen LogP contribution in [0.4, 0.5) is 15.9 Å². The fourth-order valence-corrected chi connectivity index (χ4v) is 4.58. The minimum Gasteiger partial charge on any atom is -0.508 e. The average Bonchev–Trinajstić information content (AvgIpc) is 3.20. The summed E-state index contributed by atoms with van der Waals surface area (Å²) in [6, 6.07) is 11.9. The van der Waals surface area contributed by atoms with Crippen LogP contribution in [0.25, 0.3) is 11.2 Å². The fourth-order valence-electron chi connectivity index (χ4n) is 3.34. The zero-order valence-corrected chi connectivity index (χ0v) is 19.2. The molecule has 176 valence electrons. The van der Waals surface area contributed by atoms with Crippen molar-refractivity contribution in [1.82, 2.24) is 19.5 Å². The van der Waals surface area contributed by atoms with Crippen LogP contribution in [0.2, 0.25) is 0 Å². The first kappa shape index (κ1) is 23.9. The van der Waals surface area contributed by atoms with Crippen molar-refractivity contribution in [3.8, 4) is 5.75 Å². The molecule has 0 aliphatic carbocycles. The molecule has 0 saturated carbocycles. The maximum Gasteiger partial charge on any atom is 0.412 e. The van der Waals surface area contributed by atoms with Crippen molar-refractivity contribution in [2.45, 2.75) is 18.0 Å². The number of hydrogen-bond donors (Lipinski definition) is 5. The van der Waals surface area contributed by atoms with Gasteiger partial charge in [-0.3, -0.25) is 4.57 Å². The van der Waals surface area contributed by atoms with E-state index in [9.17, 15) is 33.5 Å². The molecule has 2 aromatic heterocycles. The van der Waals surface area contributed by atoms with Gasteiger partial charge in [0, 0.05) is 17.8 Å². The third-order valence-corrected chi connectivity index (χ3v) is 7.92. The van der Waals surface area contributed by atoms with Crippen LogP contribution < -0.4 is 5.32 Å². The first-order chi connectivity index (χ1) is 16.1. The summed E-state index contributed by atoms with van der Waals surface area (Å²) in [6.07, 6.45) is 1.04. The number of fused-ring (bicyclic) bond motifs is 1. The quantitative estimate of drug-likeness (QED) is 0.177. The van der Waals surface area contributed by atoms with Gasteiger partial charge < -0.3 is 29.9 Å². The van der Waals surface area contributed by atoms with Gasteiger partial charge in [0.25, 0.3) is 0 Å². The highest BCUT2D eigenvalue weighted by Crippen LogP contribution is 2.61. The molecule has 0 spiro atoms. The smallest absolute Gasteiger partial charge is 0.412 e. The number of aromatic hydroxyl groups is 1. The zero-order valence-electron chi connectivity index (χ0n) is 17.3. The van der Waals surface area contributed by atoms with Crippen molar-refractivity contribution >= 4 is 38.7 Å². The molecule has 0 fully saturated rings. The summed E-state index contributed by atoms with van der Waals surface area (Å²) in [7, 11) is -6.82. The van der Waals surface area contributed by atoms with Gasteiger partial charge in [-0.25, -0.2) is 4.98 Å². The van der Waals surface area contributed by atoms with E-state index in [1.165, 1.54) is 30.6 Å². The molecule has 0 saturated heterocycles. The molecule has 11 nitrogen and oxygen atoms in total. The Morgan fingerprint density at radius 2 is 1.88 bits per heavy atom. The third kappa shape index (κ3) is 4.68. The summed E-state index contributed by atoms with van der Waals surface area (Å²) in [6.45, 7) is 0.418. The van der Waals surface area contributed by atoms with Crippen molar-refractivity contribution < 1.29 is 33.5 Å². The van der Waals surface area contributed by atoms with Gasteiger partial charge in [-0.1, -0.05) is 16.7 Å². The number of phenols is 1. The average molecular weight is 506 g/mol. The van der Waals surface area contributed by atoms with E-state index < -0.39 is 27.2 Å². The van der Waals surface area contributed by atoms with E-state index in [1.807, 2.05) is 6.07 Å². The van der Waals surface area contributed by atoms with Crippen LogP contribution in [-0.4, -0.2) is 39.5 Å². The van der Waals surface area contributed by atoms with Gasteiger partial charge >= 0.3 is 27.2 Å². The molecular weight excluding hydrogens is 487 g/mol. The number of aliphatic hydroxyl groups is 1. The van der Waals surface area contributed by atoms with Crippen LogP contribution in [0.1, 0.15) is 11.1 Å². The van der Waals surface area contributed by atoms with Crippen LogP contribution in [0, 0.1) is 6.08 Å². The highest BCUT2D eigenvalue weighted by atomic mass is 31.2. The molecule has 2 atom stereocenters. The molecule has 34 heavy (non-hydrogen) atoms. The lowest BCUT2D eigenvalue weighted by Gasteiger charge is -2.16. The molecule has 14 heteroatoms. The summed E-state index contributed by atoms with van der Waals surface area (Å²) in [5.74, 6) is 0.205. The second kappa shape index (κ2) is 9.17. The summed E-state index contributed by atoms with van der Waals surface area (Å²) in [4.78, 5) is 30.5. The molecule has 0 bridgehead atoms. The standard InChI is InChI=1S/C20H18FN5O6P2/c21-19-24-17(23-14-6-4-13(5-7-14)20(28,33-29)34(30,31)32)16-18(25-19)26(11-22-16)9-8-12-2-1-3-15(27)10-12/h1-7,10-11,27-28H,8-9H2,(H,23,24,25)(H2,30,31,32)/p+1. The number of rotatable bonds is 8. The molecular formula is C20H19FN5O6P2+. The van der Waals surface area contributed by atoms with E-state index in [-0.39, 0.29) is 28.3 Å². The molecule has 0 amide bonds. The van der Waals surface area contributed by atoms with E-state index in [1.54, 1.807) is 22.8 Å². The van der Waals surface area contributed by atoms with E-state index in [4.69, 9.17) is 0 Å². The Kier molecular flexibility index (Phi) is 6.44. The lowest BCUT2D eigenvalue weighted by atomic mass is 10.1. The number of anilines is 2.